The molecule has 0 atom stereocenters. The van der Waals surface area contributed by atoms with E-state index in [1.54, 1.807) is 0 Å². The second-order valence-corrected chi connectivity index (χ2v) is 8.12. The van der Waals surface area contributed by atoms with E-state index in [1.165, 1.54) is 26.7 Å². The molecule has 0 aromatic heterocycles. The van der Waals surface area contributed by atoms with E-state index < -0.39 is 8.80 Å². The highest BCUT2D eigenvalue weighted by molar-refractivity contribution is 6.91. The molecule has 0 N–H and O–H groups in total. The van der Waals surface area contributed by atoms with Gasteiger partial charge in [0.1, 0.15) is 8.80 Å². The van der Waals surface area contributed by atoms with E-state index in [1.807, 2.05) is 0 Å². The van der Waals surface area contributed by atoms with Gasteiger partial charge >= 0.3 is 0 Å². The van der Waals surface area contributed by atoms with Gasteiger partial charge in [0.2, 0.25) is 0 Å². The van der Waals surface area contributed by atoms with Gasteiger partial charge in [-0.25, -0.2) is 0 Å². The summed E-state index contributed by atoms with van der Waals surface area (Å²) in [6.07, 6.45) is 9.06. The Morgan fingerprint density at radius 1 is 0.850 bits per heavy atom. The summed E-state index contributed by atoms with van der Waals surface area (Å²) >= 11 is 0. The molecule has 20 heavy (non-hydrogen) atoms. The zero-order valence-electron chi connectivity index (χ0n) is 12.1. The Hall–Kier alpha value is -1.86. The molecule has 2 aromatic carbocycles. The van der Waals surface area contributed by atoms with Crippen molar-refractivity contribution in [2.24, 2.45) is 0 Å². The Morgan fingerprint density at radius 2 is 1.40 bits per heavy atom. The number of hydrogen-bond acceptors (Lipinski definition) is 0. The third-order valence-corrected chi connectivity index (χ3v) is 7.59. The fraction of sp³-hybridized carbons (Fsp3) is 0.158. The second kappa shape index (κ2) is 5.64. The molecule has 1 aliphatic rings. The van der Waals surface area contributed by atoms with Crippen molar-refractivity contribution < 1.29 is 0 Å². The Labute approximate surface area is 123 Å². The van der Waals surface area contributed by atoms with Crippen LogP contribution in [0, 0.1) is 19.9 Å². The van der Waals surface area contributed by atoms with Crippen molar-refractivity contribution in [3.05, 3.63) is 83.1 Å². The minimum absolute atomic E-state index is 0.969. The molecular formula is C19H19Si. The molecular weight excluding hydrogens is 256 g/mol. The normalized spacial score (nSPS) is 13.8. The standard InChI is InChI=1S/C19H19Si/c1-15-9-3-7-13-18(15)20(17-11-5-6-12-17)19-14-8-4-10-16(19)2/h3-5,7-11,13-14,20H,6H2,1-2H3. The predicted molar refractivity (Wildman–Crippen MR) is 89.3 cm³/mol. The zero-order chi connectivity index (χ0) is 13.9. The van der Waals surface area contributed by atoms with Crippen LogP contribution in [0.2, 0.25) is 0 Å². The fourth-order valence-corrected chi connectivity index (χ4v) is 6.31. The van der Waals surface area contributed by atoms with E-state index in [9.17, 15) is 0 Å². The molecule has 1 heteroatoms. The van der Waals surface area contributed by atoms with E-state index in [-0.39, 0.29) is 0 Å². The topological polar surface area (TPSA) is 0 Å². The lowest BCUT2D eigenvalue weighted by Gasteiger charge is -2.21. The second-order valence-electron chi connectivity index (χ2n) is 5.38. The van der Waals surface area contributed by atoms with Crippen LogP contribution in [0.25, 0.3) is 0 Å². The molecule has 0 amide bonds. The van der Waals surface area contributed by atoms with E-state index in [0.29, 0.717) is 0 Å². The van der Waals surface area contributed by atoms with E-state index in [2.05, 4.69) is 80.6 Å². The molecule has 0 aliphatic heterocycles. The van der Waals surface area contributed by atoms with Gasteiger partial charge in [0.05, 0.1) is 0 Å². The van der Waals surface area contributed by atoms with Crippen LogP contribution in [0.4, 0.5) is 0 Å². The number of benzene rings is 2. The summed E-state index contributed by atoms with van der Waals surface area (Å²) in [7, 11) is -1.36. The highest BCUT2D eigenvalue weighted by Gasteiger charge is 2.23. The van der Waals surface area contributed by atoms with Crippen LogP contribution in [0.3, 0.4) is 0 Å². The van der Waals surface area contributed by atoms with Gasteiger partial charge in [0.15, 0.2) is 0 Å². The van der Waals surface area contributed by atoms with E-state index in [4.69, 9.17) is 0 Å². The first-order chi connectivity index (χ1) is 9.77. The third kappa shape index (κ3) is 2.41. The lowest BCUT2D eigenvalue weighted by molar-refractivity contribution is 1.39. The van der Waals surface area contributed by atoms with Crippen LogP contribution >= 0.6 is 0 Å². The van der Waals surface area contributed by atoms with E-state index in [0.717, 1.165) is 6.42 Å². The summed E-state index contributed by atoms with van der Waals surface area (Å²) in [6.45, 7) is 4.46. The highest BCUT2D eigenvalue weighted by atomic mass is 28.3. The predicted octanol–water partition coefficient (Wildman–Crippen LogP) is 2.87. The van der Waals surface area contributed by atoms with Crippen molar-refractivity contribution in [1.82, 2.24) is 0 Å². The average Bonchev–Trinajstić information content (AvgIpc) is 2.97. The van der Waals surface area contributed by atoms with Crippen molar-refractivity contribution in [1.29, 1.82) is 0 Å². The van der Waals surface area contributed by atoms with Crippen molar-refractivity contribution in [2.45, 2.75) is 20.3 Å². The molecule has 0 bridgehead atoms. The fourth-order valence-electron chi connectivity index (χ4n) is 2.94. The van der Waals surface area contributed by atoms with Crippen molar-refractivity contribution in [3.63, 3.8) is 0 Å². The maximum atomic E-state index is 3.58. The van der Waals surface area contributed by atoms with E-state index >= 15 is 0 Å². The van der Waals surface area contributed by atoms with Crippen molar-refractivity contribution in [2.75, 3.05) is 0 Å². The van der Waals surface area contributed by atoms with Crippen molar-refractivity contribution >= 4 is 19.2 Å². The van der Waals surface area contributed by atoms with Crippen LogP contribution in [-0.4, -0.2) is 8.80 Å². The third-order valence-electron chi connectivity index (χ3n) is 4.03. The maximum Gasteiger partial charge on any atom is 0.134 e. The lowest BCUT2D eigenvalue weighted by atomic mass is 10.2. The summed E-state index contributed by atoms with van der Waals surface area (Å²) in [4.78, 5) is 0. The first-order valence-corrected chi connectivity index (χ1v) is 8.89. The van der Waals surface area contributed by atoms with Gasteiger partial charge in [-0.15, -0.1) is 0 Å². The number of rotatable bonds is 3. The number of hydrogen-bond donors (Lipinski definition) is 0. The quantitative estimate of drug-likeness (QED) is 0.756. The Kier molecular flexibility index (Phi) is 3.70. The smallest absolute Gasteiger partial charge is 0.0802 e. The first kappa shape index (κ1) is 13.1. The molecule has 0 saturated carbocycles. The van der Waals surface area contributed by atoms with Crippen LogP contribution in [0.15, 0.2) is 65.9 Å². The summed E-state index contributed by atoms with van der Waals surface area (Å²) in [5.41, 5.74) is 2.81. The monoisotopic (exact) mass is 275 g/mol. The molecule has 0 saturated heterocycles. The molecule has 3 rings (SSSR count). The molecule has 1 aliphatic carbocycles. The van der Waals surface area contributed by atoms with Crippen LogP contribution in [-0.2, 0) is 0 Å². The minimum Gasteiger partial charge on any atom is -0.0802 e. The Morgan fingerprint density at radius 3 is 1.85 bits per heavy atom. The van der Waals surface area contributed by atoms with Crippen LogP contribution in [0.1, 0.15) is 17.5 Å². The Bertz CT molecular complexity index is 634. The zero-order valence-corrected chi connectivity index (χ0v) is 13.2. The molecule has 99 valence electrons. The summed E-state index contributed by atoms with van der Waals surface area (Å²) in [5.74, 6) is 0. The summed E-state index contributed by atoms with van der Waals surface area (Å²) in [6, 6.07) is 17.7. The molecule has 0 heterocycles. The largest absolute Gasteiger partial charge is 0.134 e. The van der Waals surface area contributed by atoms with Gasteiger partial charge in [0, 0.05) is 0 Å². The lowest BCUT2D eigenvalue weighted by Crippen LogP contribution is -2.46. The molecule has 0 nitrogen and oxygen atoms in total. The van der Waals surface area contributed by atoms with Crippen LogP contribution in [0.5, 0.6) is 0 Å². The summed E-state index contributed by atoms with van der Waals surface area (Å²) in [5, 5.41) is 4.49. The SMILES string of the molecule is Cc1ccccc1[SiH](C1=[C]CC=C1)c1ccccc1C. The molecule has 1 radical (unpaired) electrons. The number of aryl methyl sites for hydroxylation is 2. The van der Waals surface area contributed by atoms with Gasteiger partial charge in [-0.2, -0.15) is 0 Å². The molecule has 0 spiro atoms. The van der Waals surface area contributed by atoms with Gasteiger partial charge in [-0.05, 0) is 41.9 Å². The maximum absolute atomic E-state index is 3.58. The minimum atomic E-state index is -1.36. The van der Waals surface area contributed by atoms with Crippen LogP contribution < -0.4 is 10.4 Å². The van der Waals surface area contributed by atoms with Gasteiger partial charge in [-0.3, -0.25) is 0 Å². The molecule has 0 unspecified atom stereocenters. The van der Waals surface area contributed by atoms with Gasteiger partial charge < -0.3 is 0 Å². The van der Waals surface area contributed by atoms with Gasteiger partial charge in [0.25, 0.3) is 0 Å². The molecule has 0 fully saturated rings. The first-order valence-electron chi connectivity index (χ1n) is 7.15. The summed E-state index contributed by atoms with van der Waals surface area (Å²) < 4.78 is 0. The van der Waals surface area contributed by atoms with Gasteiger partial charge in [-0.1, -0.05) is 71.8 Å². The van der Waals surface area contributed by atoms with Crippen molar-refractivity contribution in [3.8, 4) is 0 Å². The average molecular weight is 275 g/mol. The molecule has 2 aromatic rings. The Balaban J connectivity index is 2.17. The highest BCUT2D eigenvalue weighted by Crippen LogP contribution is 2.14. The number of allylic oxidation sites excluding steroid dienone is 4.